The third-order valence-corrected chi connectivity index (χ3v) is 2.03. The Bertz CT molecular complexity index is 190. The first-order valence-corrected chi connectivity index (χ1v) is 4.08. The molecule has 0 rings (SSSR count). The van der Waals surface area contributed by atoms with Crippen molar-refractivity contribution in [2.45, 2.75) is 19.1 Å². The Morgan fingerprint density at radius 3 is 2.11 bits per heavy atom. The summed E-state index contributed by atoms with van der Waals surface area (Å²) < 4.78 is 28.8. The summed E-state index contributed by atoms with van der Waals surface area (Å²) in [6, 6.07) is 0. The predicted molar refractivity (Wildman–Crippen MR) is 35.8 cm³/mol. The fraction of sp³-hybridized carbons (Fsp3) is 0.600. The number of rotatable bonds is 2. The Labute approximate surface area is 55.1 Å². The molecule has 1 N–H and O–H groups in total. The molecule has 0 spiro atoms. The molecule has 0 saturated heterocycles. The topological polar surface area (TPSA) is 54.4 Å². The first kappa shape index (κ1) is 8.65. The second kappa shape index (κ2) is 2.98. The van der Waals surface area contributed by atoms with Crippen LogP contribution in [-0.2, 0) is 10.1 Å². The molecular formula is C5H10O3S. The number of hydrogen-bond acceptors (Lipinski definition) is 2. The molecule has 0 amide bonds. The summed E-state index contributed by atoms with van der Waals surface area (Å²) in [6.07, 6.45) is 2.99. The Hall–Kier alpha value is -0.350. The zero-order valence-electron chi connectivity index (χ0n) is 5.40. The Kier molecular flexibility index (Phi) is 2.87. The average Bonchev–Trinajstić information content (AvgIpc) is 1.64. The monoisotopic (exact) mass is 150 g/mol. The zero-order valence-corrected chi connectivity index (χ0v) is 6.22. The van der Waals surface area contributed by atoms with E-state index in [1.807, 2.05) is 0 Å². The molecule has 0 saturated carbocycles. The Morgan fingerprint density at radius 1 is 1.56 bits per heavy atom. The minimum atomic E-state index is -3.85. The maximum Gasteiger partial charge on any atom is 0.271 e. The molecular weight excluding hydrogens is 140 g/mol. The molecule has 0 aliphatic carbocycles. The highest BCUT2D eigenvalue weighted by molar-refractivity contribution is 7.86. The van der Waals surface area contributed by atoms with Gasteiger partial charge in [0.15, 0.2) is 0 Å². The second-order valence-electron chi connectivity index (χ2n) is 1.75. The highest BCUT2D eigenvalue weighted by Crippen LogP contribution is 1.97. The quantitative estimate of drug-likeness (QED) is 0.468. The van der Waals surface area contributed by atoms with Gasteiger partial charge in [-0.3, -0.25) is 4.55 Å². The van der Waals surface area contributed by atoms with E-state index in [1.54, 1.807) is 13.0 Å². The number of hydrogen-bond donors (Lipinski definition) is 1. The van der Waals surface area contributed by atoms with E-state index in [9.17, 15) is 8.42 Å². The molecule has 0 fully saturated rings. The van der Waals surface area contributed by atoms with Crippen molar-refractivity contribution in [1.29, 1.82) is 0 Å². The van der Waals surface area contributed by atoms with Crippen molar-refractivity contribution in [2.24, 2.45) is 0 Å². The standard InChI is InChI=1S/C5H10O3S/c1-3-4-5(2)9(6,7)8/h3-5H,1-2H3,(H,6,7,8)/b4-3-. The minimum Gasteiger partial charge on any atom is -0.285 e. The SMILES string of the molecule is C/C=C\C(C)S(=O)(=O)O. The maximum atomic E-state index is 10.2. The van der Waals surface area contributed by atoms with E-state index in [0.717, 1.165) is 0 Å². The number of allylic oxidation sites excluding steroid dienone is 1. The third-order valence-electron chi connectivity index (χ3n) is 0.933. The smallest absolute Gasteiger partial charge is 0.271 e. The van der Waals surface area contributed by atoms with Crippen molar-refractivity contribution in [3.63, 3.8) is 0 Å². The van der Waals surface area contributed by atoms with Crippen molar-refractivity contribution < 1.29 is 13.0 Å². The van der Waals surface area contributed by atoms with E-state index in [1.165, 1.54) is 13.0 Å². The van der Waals surface area contributed by atoms with E-state index in [2.05, 4.69) is 0 Å². The van der Waals surface area contributed by atoms with E-state index in [-0.39, 0.29) is 0 Å². The van der Waals surface area contributed by atoms with Crippen LogP contribution in [0.5, 0.6) is 0 Å². The first-order chi connectivity index (χ1) is 3.98. The molecule has 0 aliphatic heterocycles. The molecule has 0 bridgehead atoms. The second-order valence-corrected chi connectivity index (χ2v) is 3.52. The van der Waals surface area contributed by atoms with E-state index in [4.69, 9.17) is 4.55 Å². The molecule has 0 aliphatic rings. The van der Waals surface area contributed by atoms with Crippen LogP contribution in [0.15, 0.2) is 12.2 Å². The molecule has 1 unspecified atom stereocenters. The van der Waals surface area contributed by atoms with Gasteiger partial charge in [-0.2, -0.15) is 8.42 Å². The summed E-state index contributed by atoms with van der Waals surface area (Å²) in [6.45, 7) is 3.11. The molecule has 54 valence electrons. The molecule has 3 nitrogen and oxygen atoms in total. The van der Waals surface area contributed by atoms with Crippen molar-refractivity contribution in [3.05, 3.63) is 12.2 Å². The molecule has 9 heavy (non-hydrogen) atoms. The maximum absolute atomic E-state index is 10.2. The highest BCUT2D eigenvalue weighted by atomic mass is 32.2. The van der Waals surface area contributed by atoms with Crippen LogP contribution in [0, 0.1) is 0 Å². The molecule has 0 radical (unpaired) electrons. The van der Waals surface area contributed by atoms with Crippen molar-refractivity contribution in [3.8, 4) is 0 Å². The normalized spacial score (nSPS) is 16.3. The molecule has 1 atom stereocenters. The molecule has 0 heterocycles. The molecule has 0 aromatic rings. The fourth-order valence-electron chi connectivity index (χ4n) is 0.370. The molecule has 0 aromatic heterocycles. The summed E-state index contributed by atoms with van der Waals surface area (Å²) in [5.41, 5.74) is 0. The Balaban J connectivity index is 4.24. The van der Waals surface area contributed by atoms with Gasteiger partial charge in [-0.15, -0.1) is 0 Å². The van der Waals surface area contributed by atoms with Gasteiger partial charge < -0.3 is 0 Å². The van der Waals surface area contributed by atoms with Crippen LogP contribution in [0.3, 0.4) is 0 Å². The summed E-state index contributed by atoms with van der Waals surface area (Å²) in [5, 5.41) is -0.789. The minimum absolute atomic E-state index is 0.789. The van der Waals surface area contributed by atoms with Crippen LogP contribution in [0.2, 0.25) is 0 Å². The summed E-state index contributed by atoms with van der Waals surface area (Å²) >= 11 is 0. The van der Waals surface area contributed by atoms with Crippen molar-refractivity contribution >= 4 is 10.1 Å². The largest absolute Gasteiger partial charge is 0.285 e. The van der Waals surface area contributed by atoms with Gasteiger partial charge in [0, 0.05) is 0 Å². The van der Waals surface area contributed by atoms with Crippen LogP contribution >= 0.6 is 0 Å². The van der Waals surface area contributed by atoms with Crippen molar-refractivity contribution in [2.75, 3.05) is 0 Å². The van der Waals surface area contributed by atoms with Crippen LogP contribution in [0.4, 0.5) is 0 Å². The van der Waals surface area contributed by atoms with Gasteiger partial charge in [0.05, 0.1) is 0 Å². The van der Waals surface area contributed by atoms with E-state index >= 15 is 0 Å². The lowest BCUT2D eigenvalue weighted by Crippen LogP contribution is -2.12. The van der Waals surface area contributed by atoms with Gasteiger partial charge in [-0.05, 0) is 13.8 Å². The van der Waals surface area contributed by atoms with Gasteiger partial charge in [-0.25, -0.2) is 0 Å². The lowest BCUT2D eigenvalue weighted by molar-refractivity contribution is 0.477. The van der Waals surface area contributed by atoms with Crippen LogP contribution in [0.25, 0.3) is 0 Å². The summed E-state index contributed by atoms with van der Waals surface area (Å²) in [5.74, 6) is 0. The lowest BCUT2D eigenvalue weighted by Gasteiger charge is -1.98. The van der Waals surface area contributed by atoms with Crippen LogP contribution < -0.4 is 0 Å². The summed E-state index contributed by atoms with van der Waals surface area (Å²) in [4.78, 5) is 0. The van der Waals surface area contributed by atoms with Gasteiger partial charge in [-0.1, -0.05) is 12.2 Å². The van der Waals surface area contributed by atoms with Gasteiger partial charge in [0.2, 0.25) is 0 Å². The first-order valence-electron chi connectivity index (χ1n) is 2.57. The fourth-order valence-corrected chi connectivity index (χ4v) is 0.726. The molecule has 4 heteroatoms. The van der Waals surface area contributed by atoms with Gasteiger partial charge >= 0.3 is 0 Å². The van der Waals surface area contributed by atoms with Gasteiger partial charge in [0.1, 0.15) is 5.25 Å². The van der Waals surface area contributed by atoms with Crippen LogP contribution in [0.1, 0.15) is 13.8 Å². The van der Waals surface area contributed by atoms with E-state index in [0.29, 0.717) is 0 Å². The average molecular weight is 150 g/mol. The van der Waals surface area contributed by atoms with Crippen molar-refractivity contribution in [1.82, 2.24) is 0 Å². The lowest BCUT2D eigenvalue weighted by atomic mass is 10.4. The highest BCUT2D eigenvalue weighted by Gasteiger charge is 2.11. The Morgan fingerprint density at radius 2 is 2.00 bits per heavy atom. The molecule has 0 aromatic carbocycles. The zero-order chi connectivity index (χ0) is 7.49. The summed E-state index contributed by atoms with van der Waals surface area (Å²) in [7, 11) is -3.85. The third kappa shape index (κ3) is 3.26. The van der Waals surface area contributed by atoms with E-state index < -0.39 is 15.4 Å². The van der Waals surface area contributed by atoms with Crippen LogP contribution in [-0.4, -0.2) is 18.2 Å². The van der Waals surface area contributed by atoms with Gasteiger partial charge in [0.25, 0.3) is 10.1 Å². The predicted octanol–water partition coefficient (Wildman–Crippen LogP) is 0.839.